The van der Waals surface area contributed by atoms with Crippen molar-refractivity contribution >= 4 is 15.9 Å². The standard InChI is InChI=1S/C17H25FN2O5S/c1-24-10-4-8-19-17(21)13-5-3-9-20(12-13)26(22,23)16-11-14(18)6-7-15(16)25-2/h6-7,11,13H,3-5,8-10,12H2,1-2H3,(H,19,21)/t13-/m1/s1. The minimum absolute atomic E-state index is 0.0676. The third-order valence-corrected chi connectivity index (χ3v) is 6.21. The Bertz CT molecular complexity index is 726. The van der Waals surface area contributed by atoms with Crippen LogP contribution in [0.2, 0.25) is 0 Å². The van der Waals surface area contributed by atoms with Crippen LogP contribution in [0.25, 0.3) is 0 Å². The van der Waals surface area contributed by atoms with Gasteiger partial charge in [0.25, 0.3) is 0 Å². The fourth-order valence-electron chi connectivity index (χ4n) is 2.94. The summed E-state index contributed by atoms with van der Waals surface area (Å²) >= 11 is 0. The van der Waals surface area contributed by atoms with Crippen molar-refractivity contribution in [2.75, 3.05) is 40.5 Å². The van der Waals surface area contributed by atoms with Gasteiger partial charge in [-0.05, 0) is 37.5 Å². The van der Waals surface area contributed by atoms with Gasteiger partial charge in [-0.2, -0.15) is 4.31 Å². The van der Waals surface area contributed by atoms with E-state index in [-0.39, 0.29) is 29.6 Å². The van der Waals surface area contributed by atoms with E-state index in [2.05, 4.69) is 5.32 Å². The first-order valence-electron chi connectivity index (χ1n) is 8.50. The Morgan fingerprint density at radius 1 is 1.38 bits per heavy atom. The molecule has 9 heteroatoms. The number of halogens is 1. The van der Waals surface area contributed by atoms with Crippen molar-refractivity contribution in [2.24, 2.45) is 5.92 Å². The number of nitrogens with one attached hydrogen (secondary N) is 1. The smallest absolute Gasteiger partial charge is 0.246 e. The third kappa shape index (κ3) is 4.93. The Labute approximate surface area is 153 Å². The summed E-state index contributed by atoms with van der Waals surface area (Å²) in [5, 5.41) is 2.81. The molecule has 1 amide bonds. The van der Waals surface area contributed by atoms with Gasteiger partial charge in [0.15, 0.2) is 0 Å². The molecule has 0 aromatic heterocycles. The Balaban J connectivity index is 2.10. The normalized spacial score (nSPS) is 18.5. The summed E-state index contributed by atoms with van der Waals surface area (Å²) in [6, 6.07) is 3.37. The predicted molar refractivity (Wildman–Crippen MR) is 93.9 cm³/mol. The van der Waals surface area contributed by atoms with Gasteiger partial charge in [-0.25, -0.2) is 12.8 Å². The Hall–Kier alpha value is -1.71. The van der Waals surface area contributed by atoms with Gasteiger partial charge >= 0.3 is 0 Å². The number of methoxy groups -OCH3 is 2. The summed E-state index contributed by atoms with van der Waals surface area (Å²) in [6.07, 6.45) is 1.87. The zero-order valence-corrected chi connectivity index (χ0v) is 15.9. The van der Waals surface area contributed by atoms with Crippen molar-refractivity contribution in [3.63, 3.8) is 0 Å². The number of piperidine rings is 1. The molecule has 1 aliphatic heterocycles. The largest absolute Gasteiger partial charge is 0.495 e. The number of carbonyl (C=O) groups is 1. The molecule has 146 valence electrons. The average molecular weight is 388 g/mol. The SMILES string of the molecule is COCCCNC(=O)[C@@H]1CCCN(S(=O)(=O)c2cc(F)ccc2OC)C1. The van der Waals surface area contributed by atoms with Crippen LogP contribution < -0.4 is 10.1 Å². The third-order valence-electron chi connectivity index (χ3n) is 4.32. The van der Waals surface area contributed by atoms with Crippen molar-refractivity contribution in [1.82, 2.24) is 9.62 Å². The van der Waals surface area contributed by atoms with Crippen molar-refractivity contribution in [2.45, 2.75) is 24.2 Å². The zero-order chi connectivity index (χ0) is 19.2. The zero-order valence-electron chi connectivity index (χ0n) is 15.0. The van der Waals surface area contributed by atoms with Gasteiger partial charge in [-0.1, -0.05) is 0 Å². The number of amides is 1. The summed E-state index contributed by atoms with van der Waals surface area (Å²) < 4.78 is 50.6. The number of rotatable bonds is 8. The van der Waals surface area contributed by atoms with Crippen LogP contribution in [0.3, 0.4) is 0 Å². The van der Waals surface area contributed by atoms with Gasteiger partial charge in [0.2, 0.25) is 15.9 Å². The van der Waals surface area contributed by atoms with Crippen LogP contribution in [0.15, 0.2) is 23.1 Å². The number of carbonyl (C=O) groups excluding carboxylic acids is 1. The summed E-state index contributed by atoms with van der Waals surface area (Å²) in [7, 11) is -1.03. The molecule has 7 nitrogen and oxygen atoms in total. The van der Waals surface area contributed by atoms with Gasteiger partial charge in [0.1, 0.15) is 16.5 Å². The minimum atomic E-state index is -3.95. The van der Waals surface area contributed by atoms with Crippen LogP contribution in [0.5, 0.6) is 5.75 Å². The lowest BCUT2D eigenvalue weighted by Gasteiger charge is -2.31. The Morgan fingerprint density at radius 3 is 2.85 bits per heavy atom. The van der Waals surface area contributed by atoms with Crippen LogP contribution in [-0.4, -0.2) is 59.1 Å². The van der Waals surface area contributed by atoms with Gasteiger partial charge in [0.05, 0.1) is 13.0 Å². The van der Waals surface area contributed by atoms with Crippen LogP contribution in [0.4, 0.5) is 4.39 Å². The minimum Gasteiger partial charge on any atom is -0.495 e. The second kappa shape index (κ2) is 9.29. The first kappa shape index (κ1) is 20.6. The van der Waals surface area contributed by atoms with Crippen LogP contribution in [0, 0.1) is 11.7 Å². The molecule has 0 aliphatic carbocycles. The first-order chi connectivity index (χ1) is 12.4. The lowest BCUT2D eigenvalue weighted by molar-refractivity contribution is -0.126. The number of hydrogen-bond acceptors (Lipinski definition) is 5. The number of ether oxygens (including phenoxy) is 2. The van der Waals surface area contributed by atoms with E-state index in [1.165, 1.54) is 17.5 Å². The predicted octanol–water partition coefficient (Wildman–Crippen LogP) is 1.39. The van der Waals surface area contributed by atoms with E-state index < -0.39 is 21.8 Å². The summed E-state index contributed by atoms with van der Waals surface area (Å²) in [4.78, 5) is 12.1. The lowest BCUT2D eigenvalue weighted by Crippen LogP contribution is -2.45. The van der Waals surface area contributed by atoms with E-state index in [4.69, 9.17) is 9.47 Å². The summed E-state index contributed by atoms with van der Waals surface area (Å²) in [5.41, 5.74) is 0. The maximum atomic E-state index is 13.6. The number of nitrogens with zero attached hydrogens (tertiary/aromatic N) is 1. The second-order valence-corrected chi connectivity index (χ2v) is 8.04. The van der Waals surface area contributed by atoms with Crippen LogP contribution in [-0.2, 0) is 19.6 Å². The molecular formula is C17H25FN2O5S. The number of benzene rings is 1. The highest BCUT2D eigenvalue weighted by atomic mass is 32.2. The number of sulfonamides is 1. The topological polar surface area (TPSA) is 84.9 Å². The van der Waals surface area contributed by atoms with Crippen LogP contribution >= 0.6 is 0 Å². The summed E-state index contributed by atoms with van der Waals surface area (Å²) in [5.74, 6) is -1.18. The fraction of sp³-hybridized carbons (Fsp3) is 0.588. The molecule has 1 aromatic carbocycles. The van der Waals surface area contributed by atoms with E-state index in [0.717, 1.165) is 12.1 Å². The molecule has 2 rings (SSSR count). The molecule has 1 atom stereocenters. The molecule has 1 aromatic rings. The van der Waals surface area contributed by atoms with E-state index in [1.807, 2.05) is 0 Å². The van der Waals surface area contributed by atoms with Crippen molar-refractivity contribution in [3.05, 3.63) is 24.0 Å². The van der Waals surface area contributed by atoms with Crippen molar-refractivity contribution < 1.29 is 27.1 Å². The molecular weight excluding hydrogens is 363 g/mol. The molecule has 1 heterocycles. The number of hydrogen-bond donors (Lipinski definition) is 1. The van der Waals surface area contributed by atoms with E-state index in [9.17, 15) is 17.6 Å². The van der Waals surface area contributed by atoms with E-state index in [1.54, 1.807) is 7.11 Å². The highest BCUT2D eigenvalue weighted by Gasteiger charge is 2.34. The second-order valence-electron chi connectivity index (χ2n) is 6.13. The fourth-order valence-corrected chi connectivity index (χ4v) is 4.63. The molecule has 0 unspecified atom stereocenters. The monoisotopic (exact) mass is 388 g/mol. The molecule has 0 spiro atoms. The van der Waals surface area contributed by atoms with Gasteiger partial charge in [-0.3, -0.25) is 4.79 Å². The quantitative estimate of drug-likeness (QED) is 0.681. The lowest BCUT2D eigenvalue weighted by atomic mass is 9.99. The highest BCUT2D eigenvalue weighted by Crippen LogP contribution is 2.30. The van der Waals surface area contributed by atoms with E-state index in [0.29, 0.717) is 32.4 Å². The molecule has 1 saturated heterocycles. The Kier molecular flexibility index (Phi) is 7.36. The van der Waals surface area contributed by atoms with Crippen molar-refractivity contribution in [3.8, 4) is 5.75 Å². The van der Waals surface area contributed by atoms with Gasteiger partial charge in [-0.15, -0.1) is 0 Å². The molecule has 1 fully saturated rings. The van der Waals surface area contributed by atoms with Gasteiger partial charge in [0, 0.05) is 33.4 Å². The van der Waals surface area contributed by atoms with Crippen molar-refractivity contribution in [1.29, 1.82) is 0 Å². The molecule has 0 radical (unpaired) electrons. The van der Waals surface area contributed by atoms with Crippen LogP contribution in [0.1, 0.15) is 19.3 Å². The van der Waals surface area contributed by atoms with E-state index >= 15 is 0 Å². The average Bonchev–Trinajstić information content (AvgIpc) is 2.65. The summed E-state index contributed by atoms with van der Waals surface area (Å²) in [6.45, 7) is 1.38. The molecule has 1 N–H and O–H groups in total. The molecule has 26 heavy (non-hydrogen) atoms. The first-order valence-corrected chi connectivity index (χ1v) is 9.94. The van der Waals surface area contributed by atoms with Gasteiger partial charge < -0.3 is 14.8 Å². The molecule has 0 bridgehead atoms. The maximum absolute atomic E-state index is 13.6. The molecule has 0 saturated carbocycles. The highest BCUT2D eigenvalue weighted by molar-refractivity contribution is 7.89. The Morgan fingerprint density at radius 2 is 2.15 bits per heavy atom. The molecule has 1 aliphatic rings. The maximum Gasteiger partial charge on any atom is 0.246 e.